The Kier molecular flexibility index (Phi) is 8.41. The maximum absolute atomic E-state index is 6.20. The zero-order chi connectivity index (χ0) is 22.3. The van der Waals surface area contributed by atoms with Crippen LogP contribution in [-0.2, 0) is 16.0 Å². The molecule has 1 aromatic rings. The van der Waals surface area contributed by atoms with Gasteiger partial charge in [0.05, 0.1) is 38.5 Å². The Morgan fingerprint density at radius 3 is 2.59 bits per heavy atom. The zero-order valence-corrected chi connectivity index (χ0v) is 20.1. The van der Waals surface area contributed by atoms with Gasteiger partial charge in [0.15, 0.2) is 5.96 Å². The molecule has 0 radical (unpaired) electrons. The van der Waals surface area contributed by atoms with Crippen LogP contribution in [0.25, 0.3) is 0 Å². The summed E-state index contributed by atoms with van der Waals surface area (Å²) >= 11 is 0. The summed E-state index contributed by atoms with van der Waals surface area (Å²) in [5.41, 5.74) is 1.37. The number of fused-ring (bicyclic) bond motifs is 1. The van der Waals surface area contributed by atoms with Crippen LogP contribution in [-0.4, -0.2) is 104 Å². The lowest BCUT2D eigenvalue weighted by molar-refractivity contribution is -0.0502. The van der Waals surface area contributed by atoms with Gasteiger partial charge in [-0.25, -0.2) is 0 Å². The van der Waals surface area contributed by atoms with Gasteiger partial charge in [-0.1, -0.05) is 44.2 Å². The number of nitrogens with one attached hydrogen (secondary N) is 1. The minimum atomic E-state index is 0.247. The molecule has 3 atom stereocenters. The first-order valence-electron chi connectivity index (χ1n) is 12.4. The average molecular weight is 444 g/mol. The highest BCUT2D eigenvalue weighted by atomic mass is 16.5. The van der Waals surface area contributed by atoms with E-state index in [1.165, 1.54) is 5.56 Å². The summed E-state index contributed by atoms with van der Waals surface area (Å²) in [5.74, 6) is 1.59. The van der Waals surface area contributed by atoms with Gasteiger partial charge in [0, 0.05) is 51.9 Å². The van der Waals surface area contributed by atoms with Crippen LogP contribution < -0.4 is 5.32 Å². The first-order chi connectivity index (χ1) is 15.7. The largest absolute Gasteiger partial charge is 0.379 e. The number of guanidine groups is 1. The highest BCUT2D eigenvalue weighted by molar-refractivity contribution is 5.80. The molecule has 1 N–H and O–H groups in total. The third kappa shape index (κ3) is 5.81. The number of benzene rings is 1. The maximum Gasteiger partial charge on any atom is 0.194 e. The lowest BCUT2D eigenvalue weighted by Crippen LogP contribution is -2.50. The molecular weight excluding hydrogens is 402 g/mol. The molecule has 3 saturated heterocycles. The molecular formula is C25H41N5O2. The zero-order valence-electron chi connectivity index (χ0n) is 20.1. The molecule has 178 valence electrons. The highest BCUT2D eigenvalue weighted by Gasteiger charge is 2.41. The molecule has 0 aliphatic carbocycles. The summed E-state index contributed by atoms with van der Waals surface area (Å²) in [6.45, 7) is 16.8. The summed E-state index contributed by atoms with van der Waals surface area (Å²) in [5, 5.41) is 3.55. The number of rotatable bonds is 7. The molecule has 3 heterocycles. The minimum absolute atomic E-state index is 0.247. The van der Waals surface area contributed by atoms with E-state index in [-0.39, 0.29) is 6.10 Å². The van der Waals surface area contributed by atoms with Gasteiger partial charge in [-0.05, 0) is 18.4 Å². The standard InChI is InChI=1S/C25H41N5O2/c1-4-26-25(27-16-22(20(2)3)28-10-13-31-14-11-28)30-18-23-24(19-30)32-15-12-29(23)17-21-8-6-5-7-9-21/h5-9,20,22-24H,4,10-19H2,1-3H3,(H,26,27). The van der Waals surface area contributed by atoms with Crippen molar-refractivity contribution < 1.29 is 9.47 Å². The summed E-state index contributed by atoms with van der Waals surface area (Å²) < 4.78 is 11.8. The normalized spacial score (nSPS) is 26.4. The van der Waals surface area contributed by atoms with Gasteiger partial charge in [0.25, 0.3) is 0 Å². The van der Waals surface area contributed by atoms with Crippen molar-refractivity contribution in [1.29, 1.82) is 0 Å². The van der Waals surface area contributed by atoms with Crippen LogP contribution in [0.15, 0.2) is 35.3 Å². The lowest BCUT2D eigenvalue weighted by atomic mass is 10.0. The summed E-state index contributed by atoms with van der Waals surface area (Å²) in [6.07, 6.45) is 0.247. The molecule has 0 bridgehead atoms. The summed E-state index contributed by atoms with van der Waals surface area (Å²) in [4.78, 5) is 12.7. The first kappa shape index (κ1) is 23.5. The Morgan fingerprint density at radius 1 is 1.09 bits per heavy atom. The third-order valence-corrected chi connectivity index (χ3v) is 6.99. The second-order valence-corrected chi connectivity index (χ2v) is 9.49. The van der Waals surface area contributed by atoms with E-state index >= 15 is 0 Å². The molecule has 3 aliphatic heterocycles. The first-order valence-corrected chi connectivity index (χ1v) is 12.4. The molecule has 0 amide bonds. The van der Waals surface area contributed by atoms with Crippen molar-refractivity contribution in [3.63, 3.8) is 0 Å². The van der Waals surface area contributed by atoms with E-state index < -0.39 is 0 Å². The maximum atomic E-state index is 6.20. The van der Waals surface area contributed by atoms with Gasteiger partial charge in [-0.3, -0.25) is 14.8 Å². The van der Waals surface area contributed by atoms with Gasteiger partial charge < -0.3 is 19.7 Å². The fraction of sp³-hybridized carbons (Fsp3) is 0.720. The fourth-order valence-corrected chi connectivity index (χ4v) is 5.21. The van der Waals surface area contributed by atoms with Crippen molar-refractivity contribution in [2.75, 3.05) is 65.6 Å². The average Bonchev–Trinajstić information content (AvgIpc) is 3.25. The van der Waals surface area contributed by atoms with Gasteiger partial charge in [-0.2, -0.15) is 0 Å². The van der Waals surface area contributed by atoms with Crippen LogP contribution in [0, 0.1) is 5.92 Å². The molecule has 3 aliphatic rings. The van der Waals surface area contributed by atoms with E-state index in [0.29, 0.717) is 18.0 Å². The topological polar surface area (TPSA) is 52.6 Å². The van der Waals surface area contributed by atoms with Crippen molar-refractivity contribution in [2.45, 2.75) is 45.5 Å². The Morgan fingerprint density at radius 2 is 1.88 bits per heavy atom. The predicted octanol–water partition coefficient (Wildman–Crippen LogP) is 1.89. The molecule has 3 unspecified atom stereocenters. The molecule has 32 heavy (non-hydrogen) atoms. The van der Waals surface area contributed by atoms with Crippen molar-refractivity contribution in [3.05, 3.63) is 35.9 Å². The highest BCUT2D eigenvalue weighted by Crippen LogP contribution is 2.25. The van der Waals surface area contributed by atoms with Crippen LogP contribution in [0.5, 0.6) is 0 Å². The van der Waals surface area contributed by atoms with Crippen LogP contribution in [0.1, 0.15) is 26.3 Å². The lowest BCUT2D eigenvalue weighted by Gasteiger charge is -2.36. The smallest absolute Gasteiger partial charge is 0.194 e. The number of ether oxygens (including phenoxy) is 2. The third-order valence-electron chi connectivity index (χ3n) is 6.99. The fourth-order valence-electron chi connectivity index (χ4n) is 5.21. The Bertz CT molecular complexity index is 722. The van der Waals surface area contributed by atoms with Gasteiger partial charge >= 0.3 is 0 Å². The van der Waals surface area contributed by atoms with E-state index in [2.05, 4.69) is 71.1 Å². The number of nitrogens with zero attached hydrogens (tertiary/aromatic N) is 4. The molecule has 3 fully saturated rings. The molecule has 0 saturated carbocycles. The van der Waals surface area contributed by atoms with E-state index in [1.54, 1.807) is 0 Å². The molecule has 0 spiro atoms. The SMILES string of the molecule is CCNC(=NCC(C(C)C)N1CCOCC1)N1CC2OCCN(Cc3ccccc3)C2C1. The summed E-state index contributed by atoms with van der Waals surface area (Å²) in [6, 6.07) is 11.6. The minimum Gasteiger partial charge on any atom is -0.379 e. The van der Waals surface area contributed by atoms with Crippen molar-refractivity contribution in [2.24, 2.45) is 10.9 Å². The van der Waals surface area contributed by atoms with Gasteiger partial charge in [0.2, 0.25) is 0 Å². The number of morpholine rings is 2. The Hall–Kier alpha value is -1.67. The van der Waals surface area contributed by atoms with E-state index in [9.17, 15) is 0 Å². The van der Waals surface area contributed by atoms with Crippen molar-refractivity contribution in [1.82, 2.24) is 20.0 Å². The predicted molar refractivity (Wildman–Crippen MR) is 129 cm³/mol. The number of hydrogen-bond acceptors (Lipinski definition) is 5. The van der Waals surface area contributed by atoms with Crippen molar-refractivity contribution >= 4 is 5.96 Å². The number of likely N-dealkylation sites (tertiary alicyclic amines) is 1. The number of hydrogen-bond donors (Lipinski definition) is 1. The molecule has 4 rings (SSSR count). The van der Waals surface area contributed by atoms with Crippen LogP contribution in [0.3, 0.4) is 0 Å². The second-order valence-electron chi connectivity index (χ2n) is 9.49. The van der Waals surface area contributed by atoms with Crippen LogP contribution >= 0.6 is 0 Å². The van der Waals surface area contributed by atoms with Gasteiger partial charge in [-0.15, -0.1) is 0 Å². The van der Waals surface area contributed by atoms with Gasteiger partial charge in [0.1, 0.15) is 0 Å². The molecule has 7 heteroatoms. The Labute approximate surface area is 193 Å². The monoisotopic (exact) mass is 443 g/mol. The second kappa shape index (κ2) is 11.5. The Balaban J connectivity index is 1.43. The van der Waals surface area contributed by atoms with Crippen LogP contribution in [0.4, 0.5) is 0 Å². The summed E-state index contributed by atoms with van der Waals surface area (Å²) in [7, 11) is 0. The van der Waals surface area contributed by atoms with E-state index in [1.807, 2.05) is 0 Å². The van der Waals surface area contributed by atoms with E-state index in [0.717, 1.165) is 78.1 Å². The molecule has 0 aromatic heterocycles. The molecule has 7 nitrogen and oxygen atoms in total. The van der Waals surface area contributed by atoms with Crippen LogP contribution in [0.2, 0.25) is 0 Å². The van der Waals surface area contributed by atoms with Crippen molar-refractivity contribution in [3.8, 4) is 0 Å². The van der Waals surface area contributed by atoms with E-state index in [4.69, 9.17) is 14.5 Å². The number of aliphatic imine (C=N–C) groups is 1. The molecule has 1 aromatic carbocycles. The quantitative estimate of drug-likeness (QED) is 0.513.